The first kappa shape index (κ1) is 18.4. The number of hydrogen-bond donors (Lipinski definition) is 2. The van der Waals surface area contributed by atoms with E-state index in [1.54, 1.807) is 11.3 Å². The van der Waals surface area contributed by atoms with Gasteiger partial charge >= 0.3 is 0 Å². The van der Waals surface area contributed by atoms with Gasteiger partial charge in [0.05, 0.1) is 12.2 Å². The van der Waals surface area contributed by atoms with Crippen molar-refractivity contribution in [2.24, 2.45) is 5.92 Å². The van der Waals surface area contributed by atoms with Crippen LogP contribution in [0.4, 0.5) is 5.13 Å². The lowest BCUT2D eigenvalue weighted by atomic mass is 9.85. The number of benzene rings is 1. The van der Waals surface area contributed by atoms with Gasteiger partial charge in [-0.3, -0.25) is 4.79 Å². The summed E-state index contributed by atoms with van der Waals surface area (Å²) >= 11 is 1.64. The number of nitrogens with zero attached hydrogens (tertiary/aromatic N) is 1. The number of anilines is 1. The van der Waals surface area contributed by atoms with E-state index in [0.717, 1.165) is 36.9 Å². The van der Waals surface area contributed by atoms with Gasteiger partial charge < -0.3 is 10.6 Å². The molecule has 0 bridgehead atoms. The van der Waals surface area contributed by atoms with Gasteiger partial charge in [-0.2, -0.15) is 0 Å². The SMILES string of the molecule is Cl.O=C(CNCC1CC1)Nc1nc2c(s1)CC(c1ccccc1)CC2. The van der Waals surface area contributed by atoms with E-state index in [9.17, 15) is 4.79 Å². The van der Waals surface area contributed by atoms with Crippen molar-refractivity contribution >= 4 is 34.8 Å². The number of carbonyl (C=O) groups excluding carboxylic acids is 1. The van der Waals surface area contributed by atoms with Gasteiger partial charge in [-0.15, -0.1) is 23.7 Å². The minimum absolute atomic E-state index is 0. The molecule has 1 aromatic carbocycles. The maximum atomic E-state index is 12.0. The molecule has 0 radical (unpaired) electrons. The summed E-state index contributed by atoms with van der Waals surface area (Å²) in [4.78, 5) is 18.0. The molecule has 1 aromatic heterocycles. The molecule has 1 heterocycles. The van der Waals surface area contributed by atoms with E-state index in [2.05, 4.69) is 45.9 Å². The van der Waals surface area contributed by atoms with Crippen LogP contribution >= 0.6 is 23.7 Å². The smallest absolute Gasteiger partial charge is 0.240 e. The number of carbonyl (C=O) groups is 1. The largest absolute Gasteiger partial charge is 0.308 e. The van der Waals surface area contributed by atoms with Gasteiger partial charge in [0, 0.05) is 4.88 Å². The highest BCUT2D eigenvalue weighted by Gasteiger charge is 2.24. The Morgan fingerprint density at radius 1 is 1.20 bits per heavy atom. The van der Waals surface area contributed by atoms with Crippen molar-refractivity contribution in [2.75, 3.05) is 18.4 Å². The Morgan fingerprint density at radius 2 is 2.00 bits per heavy atom. The van der Waals surface area contributed by atoms with E-state index in [4.69, 9.17) is 0 Å². The molecule has 0 spiro atoms. The highest BCUT2D eigenvalue weighted by Crippen LogP contribution is 2.36. The Balaban J connectivity index is 0.00000182. The molecule has 4 nitrogen and oxygen atoms in total. The van der Waals surface area contributed by atoms with Crippen LogP contribution < -0.4 is 10.6 Å². The van der Waals surface area contributed by atoms with E-state index in [1.165, 1.54) is 29.0 Å². The first-order chi connectivity index (χ1) is 11.8. The predicted molar refractivity (Wildman–Crippen MR) is 105 cm³/mol. The highest BCUT2D eigenvalue weighted by atomic mass is 35.5. The molecule has 1 amide bonds. The summed E-state index contributed by atoms with van der Waals surface area (Å²) < 4.78 is 0. The van der Waals surface area contributed by atoms with Gasteiger partial charge in [0.2, 0.25) is 5.91 Å². The number of hydrogen-bond acceptors (Lipinski definition) is 4. The monoisotopic (exact) mass is 377 g/mol. The van der Waals surface area contributed by atoms with Crippen molar-refractivity contribution in [2.45, 2.75) is 38.0 Å². The molecule has 4 rings (SSSR count). The van der Waals surface area contributed by atoms with Crippen molar-refractivity contribution in [3.8, 4) is 0 Å². The van der Waals surface area contributed by atoms with E-state index in [-0.39, 0.29) is 18.3 Å². The highest BCUT2D eigenvalue weighted by molar-refractivity contribution is 7.15. The van der Waals surface area contributed by atoms with Crippen LogP contribution in [0.1, 0.15) is 41.3 Å². The fourth-order valence-corrected chi connectivity index (χ4v) is 4.42. The molecule has 0 saturated heterocycles. The number of amides is 1. The van der Waals surface area contributed by atoms with E-state index < -0.39 is 0 Å². The summed E-state index contributed by atoms with van der Waals surface area (Å²) in [6.45, 7) is 1.34. The predicted octanol–water partition coefficient (Wildman–Crippen LogP) is 3.78. The molecule has 2 aliphatic rings. The Kier molecular flexibility index (Phi) is 6.10. The Hall–Kier alpha value is -1.43. The summed E-state index contributed by atoms with van der Waals surface area (Å²) in [5, 5.41) is 6.93. The minimum Gasteiger partial charge on any atom is -0.308 e. The Morgan fingerprint density at radius 3 is 2.76 bits per heavy atom. The molecule has 1 saturated carbocycles. The van der Waals surface area contributed by atoms with Crippen LogP contribution in [0.25, 0.3) is 0 Å². The third-order valence-corrected chi connectivity index (χ3v) is 5.91. The second-order valence-corrected chi connectivity index (χ2v) is 7.95. The van der Waals surface area contributed by atoms with Crippen molar-refractivity contribution < 1.29 is 4.79 Å². The van der Waals surface area contributed by atoms with Crippen LogP contribution in [0.2, 0.25) is 0 Å². The number of aryl methyl sites for hydroxylation is 1. The molecule has 1 unspecified atom stereocenters. The fraction of sp³-hybridized carbons (Fsp3) is 0.474. The molecule has 1 fully saturated rings. The lowest BCUT2D eigenvalue weighted by molar-refractivity contribution is -0.115. The number of fused-ring (bicyclic) bond motifs is 1. The van der Waals surface area contributed by atoms with Gasteiger partial charge in [0.25, 0.3) is 0 Å². The first-order valence-corrected chi connectivity index (χ1v) is 9.63. The summed E-state index contributed by atoms with van der Waals surface area (Å²) in [6, 6.07) is 10.7. The second-order valence-electron chi connectivity index (χ2n) is 6.86. The van der Waals surface area contributed by atoms with Crippen LogP contribution in [-0.2, 0) is 17.6 Å². The average molecular weight is 378 g/mol. The average Bonchev–Trinajstić information content (AvgIpc) is 3.33. The van der Waals surface area contributed by atoms with Crippen LogP contribution in [0, 0.1) is 5.92 Å². The summed E-state index contributed by atoms with van der Waals surface area (Å²) in [5.74, 6) is 1.38. The topological polar surface area (TPSA) is 54.0 Å². The van der Waals surface area contributed by atoms with Gasteiger partial charge in [0.1, 0.15) is 0 Å². The molecular formula is C19H24ClN3OS. The van der Waals surface area contributed by atoms with Gasteiger partial charge in [-0.05, 0) is 56.0 Å². The normalized spacial score (nSPS) is 19.0. The zero-order chi connectivity index (χ0) is 16.4. The zero-order valence-electron chi connectivity index (χ0n) is 14.2. The summed E-state index contributed by atoms with van der Waals surface area (Å²) in [7, 11) is 0. The van der Waals surface area contributed by atoms with Crippen LogP contribution in [0.3, 0.4) is 0 Å². The summed E-state index contributed by atoms with van der Waals surface area (Å²) in [6.07, 6.45) is 5.78. The summed E-state index contributed by atoms with van der Waals surface area (Å²) in [5.41, 5.74) is 2.58. The third kappa shape index (κ3) is 4.81. The number of aromatic nitrogens is 1. The molecule has 6 heteroatoms. The van der Waals surface area contributed by atoms with E-state index in [0.29, 0.717) is 12.5 Å². The molecule has 2 N–H and O–H groups in total. The van der Waals surface area contributed by atoms with E-state index >= 15 is 0 Å². The third-order valence-electron chi connectivity index (χ3n) is 4.87. The molecule has 25 heavy (non-hydrogen) atoms. The maximum Gasteiger partial charge on any atom is 0.240 e. The number of halogens is 1. The lowest BCUT2D eigenvalue weighted by Crippen LogP contribution is -2.29. The van der Waals surface area contributed by atoms with Crippen molar-refractivity contribution in [1.82, 2.24) is 10.3 Å². The van der Waals surface area contributed by atoms with Gasteiger partial charge in [0.15, 0.2) is 5.13 Å². The molecule has 1 atom stereocenters. The van der Waals surface area contributed by atoms with Crippen molar-refractivity contribution in [3.63, 3.8) is 0 Å². The molecule has 134 valence electrons. The van der Waals surface area contributed by atoms with Crippen molar-refractivity contribution in [1.29, 1.82) is 0 Å². The lowest BCUT2D eigenvalue weighted by Gasteiger charge is -2.21. The Bertz CT molecular complexity index is 715. The quantitative estimate of drug-likeness (QED) is 0.805. The van der Waals surface area contributed by atoms with Crippen LogP contribution in [0.15, 0.2) is 30.3 Å². The minimum atomic E-state index is 0. The second kappa shape index (κ2) is 8.30. The molecule has 2 aromatic rings. The molecule has 0 aliphatic heterocycles. The van der Waals surface area contributed by atoms with Crippen molar-refractivity contribution in [3.05, 3.63) is 46.5 Å². The molecule has 2 aliphatic carbocycles. The van der Waals surface area contributed by atoms with E-state index in [1.807, 2.05) is 0 Å². The Labute approximate surface area is 158 Å². The zero-order valence-corrected chi connectivity index (χ0v) is 15.8. The first-order valence-electron chi connectivity index (χ1n) is 8.82. The number of rotatable bonds is 6. The van der Waals surface area contributed by atoms with Gasteiger partial charge in [-0.25, -0.2) is 4.98 Å². The van der Waals surface area contributed by atoms with Crippen LogP contribution in [-0.4, -0.2) is 24.0 Å². The standard InChI is InChI=1S/C19H23N3OS.ClH/c23-18(12-20-11-13-6-7-13)22-19-21-16-9-8-15(10-17(16)24-19)14-4-2-1-3-5-14;/h1-5,13,15,20H,6-12H2,(H,21,22,23);1H. The van der Waals surface area contributed by atoms with Crippen LogP contribution in [0.5, 0.6) is 0 Å². The molecular weight excluding hydrogens is 354 g/mol. The number of thiazole rings is 1. The van der Waals surface area contributed by atoms with Gasteiger partial charge in [-0.1, -0.05) is 30.3 Å². The number of nitrogens with one attached hydrogen (secondary N) is 2. The fourth-order valence-electron chi connectivity index (χ4n) is 3.31. The maximum absolute atomic E-state index is 12.0.